The summed E-state index contributed by atoms with van der Waals surface area (Å²) in [5, 5.41) is 0. The molecule has 0 unspecified atom stereocenters. The molecule has 0 fully saturated rings. The number of hydrogen-bond acceptors (Lipinski definition) is 0. The molecule has 0 amide bonds. The van der Waals surface area contributed by atoms with Crippen LogP contribution in [0.5, 0.6) is 0 Å². The summed E-state index contributed by atoms with van der Waals surface area (Å²) in [5.74, 6) is 0. The van der Waals surface area contributed by atoms with E-state index in [0.717, 1.165) is 0 Å². The molecule has 0 spiro atoms. The van der Waals surface area contributed by atoms with Gasteiger partial charge < -0.3 is 36.9 Å². The minimum atomic E-state index is -0.861. The summed E-state index contributed by atoms with van der Waals surface area (Å²) in [6.07, 6.45) is 0. The summed E-state index contributed by atoms with van der Waals surface area (Å²) < 4.78 is 0. The molecule has 0 aliphatic rings. The van der Waals surface area contributed by atoms with Crippen molar-refractivity contribution in [3.05, 3.63) is 64.7 Å². The van der Waals surface area contributed by atoms with Gasteiger partial charge in [0.05, 0.1) is 0 Å². The predicted molar refractivity (Wildman–Crippen MR) is 96.5 cm³/mol. The Bertz CT molecular complexity index is 381. The molecule has 0 aromatic heterocycles. The summed E-state index contributed by atoms with van der Waals surface area (Å²) in [4.78, 5) is 0. The molecule has 0 aliphatic heterocycles. The second-order valence-electron chi connectivity index (χ2n) is 6.65. The van der Waals surface area contributed by atoms with Gasteiger partial charge in [0.2, 0.25) is 0 Å². The van der Waals surface area contributed by atoms with Gasteiger partial charge in [-0.2, -0.15) is 27.8 Å². The molecule has 1 radical (unpaired) electrons. The second-order valence-corrected chi connectivity index (χ2v) is 11.8. The predicted octanol–water partition coefficient (Wildman–Crippen LogP) is 6.05. The van der Waals surface area contributed by atoms with E-state index in [2.05, 4.69) is 60.8 Å². The Labute approximate surface area is 145 Å². The SMILES string of the molecule is Cc1c(C)c(C)[c-](C)c1C.[CH2-][Si](C)(C)C.[V].[cH-]1[cH-][cH-][cH-][cH-]1. The zero-order valence-electron chi connectivity index (χ0n) is 15.0. The van der Waals surface area contributed by atoms with Crippen LogP contribution in [-0.2, 0) is 18.6 Å². The van der Waals surface area contributed by atoms with Crippen LogP contribution in [-0.4, -0.2) is 8.07 Å². The van der Waals surface area contributed by atoms with Gasteiger partial charge in [-0.25, -0.2) is 0 Å². The molecule has 0 nitrogen and oxygen atoms in total. The minimum absolute atomic E-state index is 0. The molecule has 123 valence electrons. The van der Waals surface area contributed by atoms with Gasteiger partial charge in [-0.05, 0) is 0 Å². The summed E-state index contributed by atoms with van der Waals surface area (Å²) >= 11 is 0. The molecule has 0 saturated carbocycles. The van der Waals surface area contributed by atoms with E-state index in [4.69, 9.17) is 0 Å². The molecule has 0 heterocycles. The van der Waals surface area contributed by atoms with Crippen molar-refractivity contribution in [1.29, 1.82) is 0 Å². The number of rotatable bonds is 0. The Morgan fingerprint density at radius 2 is 0.952 bits per heavy atom. The first-order chi connectivity index (χ1) is 9.05. The van der Waals surface area contributed by atoms with E-state index in [1.807, 2.05) is 30.3 Å². The fraction of sp³-hybridized carbons (Fsp3) is 0.421. The van der Waals surface area contributed by atoms with Crippen molar-refractivity contribution in [2.45, 2.75) is 54.3 Å². The van der Waals surface area contributed by atoms with Crippen LogP contribution in [0.1, 0.15) is 27.8 Å². The van der Waals surface area contributed by atoms with Gasteiger partial charge in [-0.1, -0.05) is 54.3 Å². The standard InChI is InChI=1S/C10H15.C5H5.C4H11Si.V/c1-6-7(2)9(4)10(5)8(6)3;1-2-4-5-3-1;1-5(2,3)4;/h1-5H3;1-5H;1H2,2-4H3;/q-1;-5;-1;. The minimum Gasteiger partial charge on any atom is -0.748 e. The average Bonchev–Trinajstić information content (AvgIpc) is 2.95. The van der Waals surface area contributed by atoms with E-state index >= 15 is 0 Å². The summed E-state index contributed by atoms with van der Waals surface area (Å²) in [5.41, 5.74) is 7.34. The first kappa shape index (κ1) is 22.8. The van der Waals surface area contributed by atoms with Crippen molar-refractivity contribution in [3.63, 3.8) is 0 Å². The van der Waals surface area contributed by atoms with Crippen LogP contribution in [0.4, 0.5) is 0 Å². The van der Waals surface area contributed by atoms with Crippen LogP contribution in [0.3, 0.4) is 0 Å². The Balaban J connectivity index is 0. The van der Waals surface area contributed by atoms with Gasteiger partial charge in [-0.3, -0.25) is 0 Å². The Hall–Kier alpha value is -0.499. The van der Waals surface area contributed by atoms with Crippen LogP contribution in [0.25, 0.3) is 0 Å². The molecule has 0 saturated heterocycles. The monoisotopic (exact) mass is 338 g/mol. The van der Waals surface area contributed by atoms with Crippen molar-refractivity contribution < 1.29 is 18.6 Å². The third-order valence-electron chi connectivity index (χ3n) is 3.37. The van der Waals surface area contributed by atoms with E-state index in [0.29, 0.717) is 0 Å². The fourth-order valence-electron chi connectivity index (χ4n) is 1.73. The molecule has 2 heteroatoms. The smallest absolute Gasteiger partial charge is 0 e. The van der Waals surface area contributed by atoms with Gasteiger partial charge in [0.25, 0.3) is 0 Å². The van der Waals surface area contributed by atoms with Crippen LogP contribution >= 0.6 is 0 Å². The van der Waals surface area contributed by atoms with Crippen molar-refractivity contribution in [3.8, 4) is 0 Å². The van der Waals surface area contributed by atoms with Crippen molar-refractivity contribution in [1.82, 2.24) is 0 Å². The van der Waals surface area contributed by atoms with E-state index in [1.165, 1.54) is 27.8 Å². The zero-order chi connectivity index (χ0) is 15.9. The van der Waals surface area contributed by atoms with Crippen molar-refractivity contribution in [2.24, 2.45) is 0 Å². The molecule has 2 rings (SSSR count). The zero-order valence-corrected chi connectivity index (χ0v) is 17.4. The summed E-state index contributed by atoms with van der Waals surface area (Å²) in [7, 11) is -0.861. The van der Waals surface area contributed by atoms with Gasteiger partial charge in [0, 0.05) is 18.6 Å². The topological polar surface area (TPSA) is 0 Å². The van der Waals surface area contributed by atoms with E-state index in [-0.39, 0.29) is 18.6 Å². The fourth-order valence-corrected chi connectivity index (χ4v) is 1.73. The summed E-state index contributed by atoms with van der Waals surface area (Å²) in [6.45, 7) is 21.6. The molecule has 0 aliphatic carbocycles. The van der Waals surface area contributed by atoms with Gasteiger partial charge in [0.15, 0.2) is 0 Å². The Morgan fingerprint density at radius 1 is 0.762 bits per heavy atom. The van der Waals surface area contributed by atoms with Gasteiger partial charge in [-0.15, -0.1) is 8.07 Å². The van der Waals surface area contributed by atoms with Gasteiger partial charge >= 0.3 is 0 Å². The first-order valence-corrected chi connectivity index (χ1v) is 11.0. The van der Waals surface area contributed by atoms with E-state index in [1.54, 1.807) is 0 Å². The summed E-state index contributed by atoms with van der Waals surface area (Å²) in [6, 6.07) is 10.0. The maximum absolute atomic E-state index is 3.91. The average molecular weight is 338 g/mol. The first-order valence-electron chi connectivity index (χ1n) is 7.27. The van der Waals surface area contributed by atoms with Crippen LogP contribution < -0.4 is 0 Å². The Kier molecular flexibility index (Phi) is 11.1. The second kappa shape index (κ2) is 10.3. The van der Waals surface area contributed by atoms with Gasteiger partial charge in [0.1, 0.15) is 0 Å². The molecule has 0 atom stereocenters. The number of hydrogen-bond donors (Lipinski definition) is 0. The largest absolute Gasteiger partial charge is 0.748 e. The van der Waals surface area contributed by atoms with E-state index < -0.39 is 8.07 Å². The Morgan fingerprint density at radius 3 is 1.05 bits per heavy atom. The molecule has 21 heavy (non-hydrogen) atoms. The van der Waals surface area contributed by atoms with E-state index in [9.17, 15) is 0 Å². The molecule has 0 bridgehead atoms. The maximum atomic E-state index is 3.91. The van der Waals surface area contributed by atoms with Crippen LogP contribution in [0.15, 0.2) is 30.3 Å². The molecule has 0 N–H and O–H groups in total. The van der Waals surface area contributed by atoms with Crippen molar-refractivity contribution in [2.75, 3.05) is 0 Å². The molecular weight excluding hydrogens is 307 g/mol. The maximum Gasteiger partial charge on any atom is 0 e. The third-order valence-corrected chi connectivity index (χ3v) is 3.37. The van der Waals surface area contributed by atoms with Crippen LogP contribution in [0, 0.1) is 41.2 Å². The normalized spacial score (nSPS) is 9.76. The third kappa shape index (κ3) is 9.95. The van der Waals surface area contributed by atoms with Crippen LogP contribution in [0.2, 0.25) is 19.6 Å². The molecule has 2 aromatic rings. The quantitative estimate of drug-likeness (QED) is 0.405. The van der Waals surface area contributed by atoms with Crippen molar-refractivity contribution >= 4 is 8.07 Å². The molecular formula is C19H31SiV-7. The molecule has 2 aromatic carbocycles.